The van der Waals surface area contributed by atoms with Crippen LogP contribution in [0.3, 0.4) is 0 Å². The molecule has 1 saturated carbocycles. The number of aryl methyl sites for hydroxylation is 1. The highest BCUT2D eigenvalue weighted by Gasteiger charge is 2.33. The zero-order valence-corrected chi connectivity index (χ0v) is 16.2. The summed E-state index contributed by atoms with van der Waals surface area (Å²) in [4.78, 5) is 13.6. The average molecular weight is 389 g/mol. The summed E-state index contributed by atoms with van der Waals surface area (Å²) in [6.07, 6.45) is 5.58. The normalized spacial score (nSPS) is 19.2. The number of amides is 1. The lowest BCUT2D eigenvalue weighted by Crippen LogP contribution is -2.40. The van der Waals surface area contributed by atoms with Gasteiger partial charge in [0.05, 0.1) is 6.04 Å². The molecule has 0 aromatic carbocycles. The summed E-state index contributed by atoms with van der Waals surface area (Å²) >= 11 is 1.57. The van der Waals surface area contributed by atoms with Crippen LogP contribution in [0.25, 0.3) is 0 Å². The van der Waals surface area contributed by atoms with E-state index in [0.29, 0.717) is 12.0 Å². The molecule has 0 bridgehead atoms. The van der Waals surface area contributed by atoms with E-state index in [9.17, 15) is 4.79 Å². The molecular weight excluding hydrogens is 364 g/mol. The molecule has 1 aliphatic carbocycles. The minimum atomic E-state index is -0.153. The van der Waals surface area contributed by atoms with Gasteiger partial charge in [0.25, 0.3) is 0 Å². The number of aromatic nitrogens is 6. The van der Waals surface area contributed by atoms with Crippen LogP contribution in [0.1, 0.15) is 53.6 Å². The summed E-state index contributed by atoms with van der Waals surface area (Å²) in [7, 11) is 0. The van der Waals surface area contributed by atoms with Crippen LogP contribution in [0.15, 0.2) is 12.7 Å². The van der Waals surface area contributed by atoms with Gasteiger partial charge < -0.3 is 10.2 Å². The fourth-order valence-electron chi connectivity index (χ4n) is 3.46. The minimum absolute atomic E-state index is 0.0206. The molecule has 27 heavy (non-hydrogen) atoms. The van der Waals surface area contributed by atoms with E-state index >= 15 is 0 Å². The van der Waals surface area contributed by atoms with Crippen molar-refractivity contribution in [1.82, 2.24) is 40.6 Å². The van der Waals surface area contributed by atoms with Gasteiger partial charge in [-0.3, -0.25) is 4.79 Å². The van der Waals surface area contributed by atoms with E-state index in [2.05, 4.69) is 37.6 Å². The van der Waals surface area contributed by atoms with Gasteiger partial charge in [-0.05, 0) is 61.6 Å². The van der Waals surface area contributed by atoms with Crippen LogP contribution in [-0.4, -0.2) is 60.8 Å². The van der Waals surface area contributed by atoms with Crippen LogP contribution in [0, 0.1) is 12.8 Å². The molecule has 1 saturated heterocycles. The first-order valence-electron chi connectivity index (χ1n) is 9.38. The van der Waals surface area contributed by atoms with Crippen molar-refractivity contribution >= 4 is 17.2 Å². The van der Waals surface area contributed by atoms with E-state index in [1.54, 1.807) is 11.3 Å². The molecular formula is C17H24N8OS. The Kier molecular flexibility index (Phi) is 5.26. The molecule has 0 radical (unpaired) electrons. The third-order valence-electron chi connectivity index (χ3n) is 5.17. The first-order valence-corrected chi connectivity index (χ1v) is 10.2. The topological polar surface area (TPSA) is 102 Å². The number of piperidine rings is 1. The largest absolute Gasteiger partial charge is 0.339 e. The number of likely N-dealkylation sites (tertiary alicyclic amines) is 1. The van der Waals surface area contributed by atoms with E-state index in [1.165, 1.54) is 6.08 Å². The fourth-order valence-corrected chi connectivity index (χ4v) is 4.23. The van der Waals surface area contributed by atoms with Gasteiger partial charge in [0.1, 0.15) is 16.1 Å². The number of hydrogen-bond donors (Lipinski definition) is 1. The Morgan fingerprint density at radius 2 is 2.07 bits per heavy atom. The smallest absolute Gasteiger partial charge is 0.245 e. The van der Waals surface area contributed by atoms with Crippen LogP contribution in [-0.2, 0) is 4.79 Å². The van der Waals surface area contributed by atoms with Crippen LogP contribution in [0.2, 0.25) is 0 Å². The average Bonchev–Trinajstić information content (AvgIpc) is 3.27. The summed E-state index contributed by atoms with van der Waals surface area (Å²) < 4.78 is 1.93. The molecule has 1 atom stereocenters. The van der Waals surface area contributed by atoms with E-state index in [0.717, 1.165) is 61.2 Å². The fraction of sp³-hybridized carbons (Fsp3) is 0.647. The Morgan fingerprint density at radius 1 is 1.30 bits per heavy atom. The lowest BCUT2D eigenvalue weighted by Gasteiger charge is -2.32. The van der Waals surface area contributed by atoms with Crippen molar-refractivity contribution in [2.45, 2.75) is 44.7 Å². The third kappa shape index (κ3) is 4.06. The highest BCUT2D eigenvalue weighted by molar-refractivity contribution is 7.11. The van der Waals surface area contributed by atoms with Crippen molar-refractivity contribution in [1.29, 1.82) is 0 Å². The molecule has 2 aromatic rings. The molecule has 2 aliphatic rings. The van der Waals surface area contributed by atoms with Crippen molar-refractivity contribution in [2.75, 3.05) is 19.6 Å². The standard InChI is InChI=1S/C17H24N8OS/c1-3-14(26)24-8-6-12(7-9-24)10-18-15(17-21-19-11(2)27-17)16-20-22-23-25(16)13-4-5-13/h3,12-13,15,18H,1,4-10H2,2H3. The van der Waals surface area contributed by atoms with Gasteiger partial charge in [0.2, 0.25) is 5.91 Å². The Hall–Kier alpha value is -2.20. The molecule has 2 aromatic heterocycles. The molecule has 2 fully saturated rings. The van der Waals surface area contributed by atoms with Crippen molar-refractivity contribution in [3.05, 3.63) is 28.5 Å². The van der Waals surface area contributed by atoms with Crippen LogP contribution in [0.4, 0.5) is 0 Å². The van der Waals surface area contributed by atoms with Crippen LogP contribution < -0.4 is 5.32 Å². The number of nitrogens with zero attached hydrogens (tertiary/aromatic N) is 7. The third-order valence-corrected chi connectivity index (χ3v) is 6.07. The Bertz CT molecular complexity index is 805. The first-order chi connectivity index (χ1) is 13.2. The number of carbonyl (C=O) groups excluding carboxylic acids is 1. The van der Waals surface area contributed by atoms with E-state index in [1.807, 2.05) is 16.5 Å². The van der Waals surface area contributed by atoms with Crippen molar-refractivity contribution < 1.29 is 4.79 Å². The molecule has 1 unspecified atom stereocenters. The summed E-state index contributed by atoms with van der Waals surface area (Å²) in [6.45, 7) is 7.91. The molecule has 1 aliphatic heterocycles. The minimum Gasteiger partial charge on any atom is -0.339 e. The molecule has 4 rings (SSSR count). The van der Waals surface area contributed by atoms with Crippen molar-refractivity contribution in [3.63, 3.8) is 0 Å². The maximum atomic E-state index is 11.7. The second-order valence-electron chi connectivity index (χ2n) is 7.19. The second kappa shape index (κ2) is 7.81. The van der Waals surface area contributed by atoms with Crippen molar-refractivity contribution in [2.24, 2.45) is 5.92 Å². The molecule has 144 valence electrons. The predicted octanol–water partition coefficient (Wildman–Crippen LogP) is 1.27. The van der Waals surface area contributed by atoms with Gasteiger partial charge in [0.15, 0.2) is 5.82 Å². The van der Waals surface area contributed by atoms with E-state index in [4.69, 9.17) is 0 Å². The Labute approximate surface area is 161 Å². The SMILES string of the molecule is C=CC(=O)N1CCC(CNC(c2nnc(C)s2)c2nnnn2C2CC2)CC1. The number of rotatable bonds is 7. The molecule has 10 heteroatoms. The van der Waals surface area contributed by atoms with Crippen LogP contribution in [0.5, 0.6) is 0 Å². The summed E-state index contributed by atoms with van der Waals surface area (Å²) in [5, 5.41) is 26.3. The summed E-state index contributed by atoms with van der Waals surface area (Å²) in [5.74, 6) is 1.33. The van der Waals surface area contributed by atoms with Gasteiger partial charge in [-0.2, -0.15) is 0 Å². The molecule has 1 amide bonds. The second-order valence-corrected chi connectivity index (χ2v) is 8.40. The van der Waals surface area contributed by atoms with Crippen molar-refractivity contribution in [3.8, 4) is 0 Å². The number of nitrogens with one attached hydrogen (secondary N) is 1. The number of carbonyl (C=O) groups is 1. The van der Waals surface area contributed by atoms with Gasteiger partial charge in [-0.25, -0.2) is 4.68 Å². The maximum absolute atomic E-state index is 11.7. The summed E-state index contributed by atoms with van der Waals surface area (Å²) in [6, 6.07) is 0.251. The monoisotopic (exact) mass is 388 g/mol. The Morgan fingerprint density at radius 3 is 2.70 bits per heavy atom. The van der Waals surface area contributed by atoms with Gasteiger partial charge in [-0.1, -0.05) is 17.9 Å². The molecule has 1 N–H and O–H groups in total. The summed E-state index contributed by atoms with van der Waals surface area (Å²) in [5.41, 5.74) is 0. The highest BCUT2D eigenvalue weighted by atomic mass is 32.1. The van der Waals surface area contributed by atoms with Gasteiger partial charge in [0, 0.05) is 13.1 Å². The van der Waals surface area contributed by atoms with E-state index in [-0.39, 0.29) is 11.9 Å². The quantitative estimate of drug-likeness (QED) is 0.713. The lowest BCUT2D eigenvalue weighted by molar-refractivity contribution is -0.127. The number of hydrogen-bond acceptors (Lipinski definition) is 8. The van der Waals surface area contributed by atoms with Crippen LogP contribution >= 0.6 is 11.3 Å². The zero-order chi connectivity index (χ0) is 18.8. The number of tetrazole rings is 1. The molecule has 3 heterocycles. The highest BCUT2D eigenvalue weighted by Crippen LogP contribution is 2.36. The molecule has 9 nitrogen and oxygen atoms in total. The lowest BCUT2D eigenvalue weighted by atomic mass is 9.96. The first kappa shape index (κ1) is 18.2. The zero-order valence-electron chi connectivity index (χ0n) is 15.4. The van der Waals surface area contributed by atoms with Gasteiger partial charge >= 0.3 is 0 Å². The Balaban J connectivity index is 1.44. The van der Waals surface area contributed by atoms with Gasteiger partial charge in [-0.15, -0.1) is 15.3 Å². The maximum Gasteiger partial charge on any atom is 0.245 e. The predicted molar refractivity (Wildman–Crippen MR) is 100 cm³/mol. The van der Waals surface area contributed by atoms with E-state index < -0.39 is 0 Å². The molecule has 0 spiro atoms.